The third-order valence-corrected chi connectivity index (χ3v) is 2.15. The molecule has 4 heteroatoms. The van der Waals surface area contributed by atoms with Crippen molar-refractivity contribution in [3.8, 4) is 0 Å². The van der Waals surface area contributed by atoms with Crippen LogP contribution in [0.4, 0.5) is 0 Å². The fourth-order valence-electron chi connectivity index (χ4n) is 1.26. The van der Waals surface area contributed by atoms with Gasteiger partial charge in [0.2, 0.25) is 0 Å². The molecule has 0 aromatic rings. The van der Waals surface area contributed by atoms with E-state index in [1.54, 1.807) is 0 Å². The van der Waals surface area contributed by atoms with Gasteiger partial charge in [-0.2, -0.15) is 0 Å². The zero-order chi connectivity index (χ0) is 8.81. The molecule has 0 bridgehead atoms. The maximum Gasteiger partial charge on any atom is 0.0594 e. The minimum Gasteiger partial charge on any atom is -0.395 e. The van der Waals surface area contributed by atoms with Crippen molar-refractivity contribution in [2.75, 3.05) is 39.5 Å². The topological polar surface area (TPSA) is 58.7 Å². The summed E-state index contributed by atoms with van der Waals surface area (Å²) >= 11 is 0. The van der Waals surface area contributed by atoms with Gasteiger partial charge in [0.15, 0.2) is 0 Å². The molecular weight excluding hydrogens is 156 g/mol. The van der Waals surface area contributed by atoms with Gasteiger partial charge in [0.05, 0.1) is 19.8 Å². The zero-order valence-electron chi connectivity index (χ0n) is 7.41. The van der Waals surface area contributed by atoms with Gasteiger partial charge >= 0.3 is 0 Å². The van der Waals surface area contributed by atoms with Gasteiger partial charge in [0.1, 0.15) is 0 Å². The monoisotopic (exact) mass is 174 g/mol. The van der Waals surface area contributed by atoms with Crippen LogP contribution in [-0.4, -0.2) is 55.5 Å². The third kappa shape index (κ3) is 3.49. The number of hydrogen-bond acceptors (Lipinski definition) is 4. The van der Waals surface area contributed by atoms with Crippen LogP contribution in [0.2, 0.25) is 0 Å². The Hall–Kier alpha value is -0.160. The molecule has 0 amide bonds. The first-order valence-corrected chi connectivity index (χ1v) is 4.49. The lowest BCUT2D eigenvalue weighted by Gasteiger charge is -2.27. The highest BCUT2D eigenvalue weighted by Gasteiger charge is 2.10. The summed E-state index contributed by atoms with van der Waals surface area (Å²) in [6, 6.07) is -0.0622. The second kappa shape index (κ2) is 5.48. The molecule has 0 spiro atoms. The summed E-state index contributed by atoms with van der Waals surface area (Å²) in [4.78, 5) is 2.32. The Bertz CT molecular complexity index is 116. The summed E-state index contributed by atoms with van der Waals surface area (Å²) in [5.41, 5.74) is 5.58. The summed E-state index contributed by atoms with van der Waals surface area (Å²) in [6.07, 6.45) is 0.872. The summed E-state index contributed by atoms with van der Waals surface area (Å²) in [5.74, 6) is 0. The van der Waals surface area contributed by atoms with Crippen molar-refractivity contribution in [2.45, 2.75) is 12.5 Å². The first-order valence-electron chi connectivity index (χ1n) is 4.49. The lowest BCUT2D eigenvalue weighted by molar-refractivity contribution is 0.0358. The Kier molecular flexibility index (Phi) is 4.53. The van der Waals surface area contributed by atoms with Gasteiger partial charge in [0.25, 0.3) is 0 Å². The third-order valence-electron chi connectivity index (χ3n) is 2.15. The van der Waals surface area contributed by atoms with Gasteiger partial charge in [-0.15, -0.1) is 0 Å². The number of rotatable bonds is 4. The Morgan fingerprint density at radius 2 is 2.08 bits per heavy atom. The van der Waals surface area contributed by atoms with E-state index in [4.69, 9.17) is 15.6 Å². The van der Waals surface area contributed by atoms with Crippen molar-refractivity contribution in [2.24, 2.45) is 5.73 Å². The number of hydrogen-bond donors (Lipinski definition) is 2. The van der Waals surface area contributed by atoms with E-state index in [1.807, 2.05) is 0 Å². The molecule has 1 unspecified atom stereocenters. The molecule has 0 radical (unpaired) electrons. The lowest BCUT2D eigenvalue weighted by atomic mass is 10.2. The summed E-state index contributed by atoms with van der Waals surface area (Å²) < 4.78 is 5.21. The molecular formula is C8H18N2O2. The smallest absolute Gasteiger partial charge is 0.0594 e. The van der Waals surface area contributed by atoms with Crippen LogP contribution < -0.4 is 5.73 Å². The van der Waals surface area contributed by atoms with E-state index in [0.717, 1.165) is 39.3 Å². The Morgan fingerprint density at radius 1 is 1.42 bits per heavy atom. The minimum atomic E-state index is -0.0622. The molecule has 1 saturated heterocycles. The minimum absolute atomic E-state index is 0.0622. The molecule has 1 atom stereocenters. The van der Waals surface area contributed by atoms with Crippen LogP contribution in [0.25, 0.3) is 0 Å². The Labute approximate surface area is 73.3 Å². The molecule has 4 nitrogen and oxygen atoms in total. The molecule has 1 fully saturated rings. The average Bonchev–Trinajstić information content (AvgIpc) is 2.16. The number of aliphatic hydroxyl groups is 1. The van der Waals surface area contributed by atoms with E-state index >= 15 is 0 Å². The summed E-state index contributed by atoms with van der Waals surface area (Å²) in [6.45, 7) is 4.72. The highest BCUT2D eigenvalue weighted by molar-refractivity contribution is 4.66. The highest BCUT2D eigenvalue weighted by Crippen LogP contribution is 1.98. The molecule has 0 aromatic heterocycles. The zero-order valence-corrected chi connectivity index (χ0v) is 7.41. The van der Waals surface area contributed by atoms with Gasteiger partial charge in [-0.1, -0.05) is 0 Å². The van der Waals surface area contributed by atoms with Crippen LogP contribution in [0.3, 0.4) is 0 Å². The fourth-order valence-corrected chi connectivity index (χ4v) is 1.26. The van der Waals surface area contributed by atoms with Crippen LogP contribution in [-0.2, 0) is 4.74 Å². The Morgan fingerprint density at radius 3 is 2.67 bits per heavy atom. The molecule has 12 heavy (non-hydrogen) atoms. The van der Waals surface area contributed by atoms with Gasteiger partial charge in [-0.25, -0.2) is 0 Å². The summed E-state index contributed by atoms with van der Waals surface area (Å²) in [7, 11) is 0. The maximum absolute atomic E-state index is 8.70. The number of aliphatic hydroxyl groups excluding tert-OH is 1. The van der Waals surface area contributed by atoms with Crippen LogP contribution in [0.5, 0.6) is 0 Å². The van der Waals surface area contributed by atoms with E-state index in [9.17, 15) is 0 Å². The molecule has 0 aliphatic carbocycles. The molecule has 1 heterocycles. The predicted molar refractivity (Wildman–Crippen MR) is 46.9 cm³/mol. The van der Waals surface area contributed by atoms with Crippen LogP contribution in [0, 0.1) is 0 Å². The molecule has 3 N–H and O–H groups in total. The van der Waals surface area contributed by atoms with E-state index in [2.05, 4.69) is 4.90 Å². The van der Waals surface area contributed by atoms with E-state index < -0.39 is 0 Å². The predicted octanol–water partition coefficient (Wildman–Crippen LogP) is -0.972. The molecule has 0 saturated carbocycles. The van der Waals surface area contributed by atoms with Gasteiger partial charge < -0.3 is 15.6 Å². The van der Waals surface area contributed by atoms with Crippen molar-refractivity contribution in [3.05, 3.63) is 0 Å². The second-order valence-corrected chi connectivity index (χ2v) is 3.19. The lowest BCUT2D eigenvalue weighted by Crippen LogP contribution is -2.39. The highest BCUT2D eigenvalue weighted by atomic mass is 16.5. The van der Waals surface area contributed by atoms with Gasteiger partial charge in [-0.3, -0.25) is 4.90 Å². The van der Waals surface area contributed by atoms with Crippen molar-refractivity contribution >= 4 is 0 Å². The van der Waals surface area contributed by atoms with E-state index in [0.29, 0.717) is 0 Å². The SMILES string of the molecule is NC(CO)CCN1CCOCC1. The number of morpholine rings is 1. The van der Waals surface area contributed by atoms with Crippen molar-refractivity contribution in [1.29, 1.82) is 0 Å². The fraction of sp³-hybridized carbons (Fsp3) is 1.00. The quantitative estimate of drug-likeness (QED) is 0.575. The van der Waals surface area contributed by atoms with Crippen molar-refractivity contribution in [1.82, 2.24) is 4.90 Å². The van der Waals surface area contributed by atoms with Crippen LogP contribution in [0.1, 0.15) is 6.42 Å². The Balaban J connectivity index is 2.05. The molecule has 0 aromatic carbocycles. The first-order chi connectivity index (χ1) is 5.83. The van der Waals surface area contributed by atoms with E-state index in [-0.39, 0.29) is 12.6 Å². The molecule has 1 aliphatic heterocycles. The normalized spacial score (nSPS) is 22.5. The van der Waals surface area contributed by atoms with E-state index in [1.165, 1.54) is 0 Å². The molecule has 72 valence electrons. The van der Waals surface area contributed by atoms with Crippen LogP contribution in [0.15, 0.2) is 0 Å². The van der Waals surface area contributed by atoms with Gasteiger partial charge in [-0.05, 0) is 13.0 Å². The number of ether oxygens (including phenoxy) is 1. The molecule has 1 aliphatic rings. The molecule has 1 rings (SSSR count). The standard InChI is InChI=1S/C8H18N2O2/c9-8(7-11)1-2-10-3-5-12-6-4-10/h8,11H,1-7,9H2. The number of nitrogens with zero attached hydrogens (tertiary/aromatic N) is 1. The maximum atomic E-state index is 8.70. The number of nitrogens with two attached hydrogens (primary N) is 1. The first kappa shape index (κ1) is 9.92. The van der Waals surface area contributed by atoms with Crippen molar-refractivity contribution in [3.63, 3.8) is 0 Å². The van der Waals surface area contributed by atoms with Crippen LogP contribution >= 0.6 is 0 Å². The van der Waals surface area contributed by atoms with Crippen molar-refractivity contribution < 1.29 is 9.84 Å². The average molecular weight is 174 g/mol. The summed E-state index contributed by atoms with van der Waals surface area (Å²) in [5, 5.41) is 8.70. The largest absolute Gasteiger partial charge is 0.395 e. The second-order valence-electron chi connectivity index (χ2n) is 3.19. The van der Waals surface area contributed by atoms with Gasteiger partial charge in [0, 0.05) is 19.1 Å².